The molecule has 0 atom stereocenters. The molecule has 0 saturated heterocycles. The van der Waals surface area contributed by atoms with E-state index >= 15 is 0 Å². The summed E-state index contributed by atoms with van der Waals surface area (Å²) in [6.07, 6.45) is 1.43. The minimum absolute atomic E-state index is 0.0656. The summed E-state index contributed by atoms with van der Waals surface area (Å²) in [5.74, 6) is -0.291. The molecule has 4 nitrogen and oxygen atoms in total. The predicted molar refractivity (Wildman–Crippen MR) is 57.3 cm³/mol. The first-order valence-corrected chi connectivity index (χ1v) is 4.87. The molecule has 2 rings (SSSR count). The Hall–Kier alpha value is -1.56. The first-order valence-electron chi connectivity index (χ1n) is 4.07. The van der Waals surface area contributed by atoms with Gasteiger partial charge in [-0.1, -0.05) is 6.07 Å². The summed E-state index contributed by atoms with van der Waals surface area (Å²) in [7, 11) is 0. The van der Waals surface area contributed by atoms with Crippen molar-refractivity contribution in [3.63, 3.8) is 0 Å². The first-order chi connectivity index (χ1) is 7.16. The normalized spacial score (nSPS) is 10.3. The Morgan fingerprint density at radius 1 is 1.33 bits per heavy atom. The third-order valence-electron chi connectivity index (χ3n) is 1.79. The van der Waals surface area contributed by atoms with Gasteiger partial charge in [-0.15, -0.1) is 5.10 Å². The van der Waals surface area contributed by atoms with Crippen molar-refractivity contribution in [1.29, 1.82) is 0 Å². The number of nitrogen functional groups attached to an aromatic ring is 1. The lowest BCUT2D eigenvalue weighted by molar-refractivity contribution is 0.621. The molecule has 0 aliphatic heterocycles. The van der Waals surface area contributed by atoms with E-state index in [1.54, 1.807) is 12.1 Å². The number of anilines is 1. The van der Waals surface area contributed by atoms with Crippen LogP contribution in [0.3, 0.4) is 0 Å². The first kappa shape index (κ1) is 9.97. The lowest BCUT2D eigenvalue weighted by Crippen LogP contribution is -1.98. The van der Waals surface area contributed by atoms with Gasteiger partial charge in [0.2, 0.25) is 5.95 Å². The second kappa shape index (κ2) is 3.90. The highest BCUT2D eigenvalue weighted by atomic mass is 79.9. The quantitative estimate of drug-likeness (QED) is 0.860. The molecule has 0 amide bonds. The fourth-order valence-electron chi connectivity index (χ4n) is 1.11. The van der Waals surface area contributed by atoms with Crippen molar-refractivity contribution in [3.8, 4) is 11.3 Å². The van der Waals surface area contributed by atoms with Gasteiger partial charge >= 0.3 is 0 Å². The zero-order valence-electron chi connectivity index (χ0n) is 7.48. The summed E-state index contributed by atoms with van der Waals surface area (Å²) >= 11 is 3.07. The monoisotopic (exact) mass is 268 g/mol. The molecule has 2 N–H and O–H groups in total. The number of hydrogen-bond acceptors (Lipinski definition) is 4. The van der Waals surface area contributed by atoms with E-state index in [2.05, 4.69) is 31.1 Å². The topological polar surface area (TPSA) is 64.7 Å². The van der Waals surface area contributed by atoms with Gasteiger partial charge in [0.15, 0.2) is 0 Å². The maximum atomic E-state index is 13.2. The van der Waals surface area contributed by atoms with E-state index in [1.807, 2.05) is 0 Å². The van der Waals surface area contributed by atoms with Gasteiger partial charge in [-0.2, -0.15) is 5.10 Å². The Kier molecular flexibility index (Phi) is 2.59. The molecule has 76 valence electrons. The third kappa shape index (κ3) is 2.10. The summed E-state index contributed by atoms with van der Waals surface area (Å²) in [6, 6.07) is 4.67. The maximum absolute atomic E-state index is 13.2. The highest BCUT2D eigenvalue weighted by Crippen LogP contribution is 2.22. The number of nitrogens with two attached hydrogens (primary N) is 1. The van der Waals surface area contributed by atoms with Gasteiger partial charge in [0.25, 0.3) is 0 Å². The number of benzene rings is 1. The number of aromatic nitrogens is 3. The molecule has 6 heteroatoms. The molecule has 1 heterocycles. The second-order valence-corrected chi connectivity index (χ2v) is 3.68. The Morgan fingerprint density at radius 3 is 2.80 bits per heavy atom. The fraction of sp³-hybridized carbons (Fsp3) is 0. The minimum Gasteiger partial charge on any atom is -0.366 e. The molecule has 0 unspecified atom stereocenters. The molecule has 0 aliphatic carbocycles. The van der Waals surface area contributed by atoms with E-state index in [0.717, 1.165) is 0 Å². The van der Waals surface area contributed by atoms with Crippen molar-refractivity contribution in [1.82, 2.24) is 15.2 Å². The zero-order valence-corrected chi connectivity index (χ0v) is 9.07. The van der Waals surface area contributed by atoms with E-state index < -0.39 is 0 Å². The van der Waals surface area contributed by atoms with Crippen molar-refractivity contribution in [2.45, 2.75) is 0 Å². The van der Waals surface area contributed by atoms with Gasteiger partial charge in [0.1, 0.15) is 5.82 Å². The highest BCUT2D eigenvalue weighted by molar-refractivity contribution is 9.10. The Morgan fingerprint density at radius 2 is 2.13 bits per heavy atom. The van der Waals surface area contributed by atoms with Crippen molar-refractivity contribution >= 4 is 21.9 Å². The Balaban J connectivity index is 2.50. The highest BCUT2D eigenvalue weighted by Gasteiger charge is 2.05. The van der Waals surface area contributed by atoms with Gasteiger partial charge in [-0.3, -0.25) is 0 Å². The second-order valence-electron chi connectivity index (χ2n) is 2.83. The van der Waals surface area contributed by atoms with Gasteiger partial charge in [-0.05, 0) is 28.1 Å². The van der Waals surface area contributed by atoms with Crippen molar-refractivity contribution in [2.24, 2.45) is 0 Å². The van der Waals surface area contributed by atoms with Crippen LogP contribution in [0.15, 0.2) is 28.9 Å². The lowest BCUT2D eigenvalue weighted by Gasteiger charge is -2.01. The van der Waals surface area contributed by atoms with Gasteiger partial charge < -0.3 is 5.73 Å². The molecule has 1 aromatic heterocycles. The number of hydrogen-bond donors (Lipinski definition) is 1. The van der Waals surface area contributed by atoms with Crippen LogP contribution >= 0.6 is 15.9 Å². The van der Waals surface area contributed by atoms with Crippen LogP contribution < -0.4 is 5.73 Å². The molecule has 0 aliphatic rings. The predicted octanol–water partition coefficient (Wildman–Crippen LogP) is 2.02. The van der Waals surface area contributed by atoms with Crippen LogP contribution in [0.25, 0.3) is 11.3 Å². The Bertz CT molecular complexity index is 503. The molecule has 1 aromatic carbocycles. The Labute approximate surface area is 93.5 Å². The molecule has 2 aromatic rings. The standard InChI is InChI=1S/C9H6BrFN4/c10-6-2-1-5(3-7(6)11)8-4-13-15-9(12)14-8/h1-4H,(H2,12,14,15). The fourth-order valence-corrected chi connectivity index (χ4v) is 1.36. The summed E-state index contributed by atoms with van der Waals surface area (Å²) in [5.41, 5.74) is 6.48. The van der Waals surface area contributed by atoms with Crippen LogP contribution in [0.2, 0.25) is 0 Å². The molecule has 0 spiro atoms. The summed E-state index contributed by atoms with van der Waals surface area (Å²) in [6.45, 7) is 0. The van der Waals surface area contributed by atoms with Crippen molar-refractivity contribution < 1.29 is 4.39 Å². The van der Waals surface area contributed by atoms with Crippen LogP contribution in [0.1, 0.15) is 0 Å². The smallest absolute Gasteiger partial charge is 0.240 e. The van der Waals surface area contributed by atoms with Gasteiger partial charge in [0, 0.05) is 5.56 Å². The number of halogens is 2. The van der Waals surface area contributed by atoms with E-state index in [1.165, 1.54) is 12.3 Å². The van der Waals surface area contributed by atoms with Crippen LogP contribution in [0, 0.1) is 5.82 Å². The van der Waals surface area contributed by atoms with E-state index in [4.69, 9.17) is 5.73 Å². The SMILES string of the molecule is Nc1nncc(-c2ccc(Br)c(F)c2)n1. The molecule has 15 heavy (non-hydrogen) atoms. The average Bonchev–Trinajstić information content (AvgIpc) is 2.22. The molecule has 0 fully saturated rings. The van der Waals surface area contributed by atoms with E-state index in [0.29, 0.717) is 15.7 Å². The average molecular weight is 269 g/mol. The molecule has 0 saturated carbocycles. The zero-order chi connectivity index (χ0) is 10.8. The van der Waals surface area contributed by atoms with Crippen LogP contribution in [0.5, 0.6) is 0 Å². The van der Waals surface area contributed by atoms with Crippen molar-refractivity contribution in [2.75, 3.05) is 5.73 Å². The summed E-state index contributed by atoms with van der Waals surface area (Å²) in [5, 5.41) is 7.16. The van der Waals surface area contributed by atoms with Gasteiger partial charge in [-0.25, -0.2) is 9.37 Å². The molecule has 0 radical (unpaired) electrons. The number of rotatable bonds is 1. The van der Waals surface area contributed by atoms with Crippen LogP contribution in [-0.2, 0) is 0 Å². The van der Waals surface area contributed by atoms with Crippen LogP contribution in [0.4, 0.5) is 10.3 Å². The summed E-state index contributed by atoms with van der Waals surface area (Å²) in [4.78, 5) is 3.94. The maximum Gasteiger partial charge on any atom is 0.240 e. The van der Waals surface area contributed by atoms with E-state index in [-0.39, 0.29) is 11.8 Å². The lowest BCUT2D eigenvalue weighted by atomic mass is 10.2. The third-order valence-corrected chi connectivity index (χ3v) is 2.43. The minimum atomic E-state index is -0.357. The summed E-state index contributed by atoms with van der Waals surface area (Å²) < 4.78 is 13.6. The molecular weight excluding hydrogens is 263 g/mol. The van der Waals surface area contributed by atoms with Crippen molar-refractivity contribution in [3.05, 3.63) is 34.7 Å². The largest absolute Gasteiger partial charge is 0.366 e. The van der Waals surface area contributed by atoms with E-state index in [9.17, 15) is 4.39 Å². The molecule has 0 bridgehead atoms. The van der Waals surface area contributed by atoms with Crippen LogP contribution in [-0.4, -0.2) is 15.2 Å². The molecular formula is C9H6BrFN4. The number of nitrogens with zero attached hydrogens (tertiary/aromatic N) is 3. The van der Waals surface area contributed by atoms with Gasteiger partial charge in [0.05, 0.1) is 16.4 Å².